The normalized spacial score (nSPS) is 38.8. The van der Waals surface area contributed by atoms with E-state index in [9.17, 15) is 4.79 Å². The van der Waals surface area contributed by atoms with Gasteiger partial charge in [0, 0.05) is 19.1 Å². The van der Waals surface area contributed by atoms with Gasteiger partial charge in [-0.3, -0.25) is 10.1 Å². The van der Waals surface area contributed by atoms with E-state index < -0.39 is 5.97 Å². The molecule has 2 aliphatic heterocycles. The molecule has 3 unspecified atom stereocenters. The van der Waals surface area contributed by atoms with E-state index in [4.69, 9.17) is 9.84 Å². The smallest absolute Gasteiger partial charge is 0.320 e. The van der Waals surface area contributed by atoms with Crippen LogP contribution < -0.4 is 5.32 Å². The van der Waals surface area contributed by atoms with Crippen LogP contribution in [0.4, 0.5) is 0 Å². The summed E-state index contributed by atoms with van der Waals surface area (Å²) >= 11 is 0. The van der Waals surface area contributed by atoms with Crippen LogP contribution in [-0.4, -0.2) is 35.9 Å². The molecular formula is C7H12ClNO3. The molecule has 0 aromatic carbocycles. The van der Waals surface area contributed by atoms with Crippen LogP contribution in [0.25, 0.3) is 0 Å². The summed E-state index contributed by atoms with van der Waals surface area (Å²) in [5, 5.41) is 11.7. The number of halogens is 1. The predicted octanol–water partition coefficient (Wildman–Crippen LogP) is 0.0122. The van der Waals surface area contributed by atoms with Gasteiger partial charge in [0.25, 0.3) is 0 Å². The van der Waals surface area contributed by atoms with Crippen molar-refractivity contribution in [3.8, 4) is 0 Å². The Kier molecular flexibility index (Phi) is 2.93. The van der Waals surface area contributed by atoms with Gasteiger partial charge in [-0.1, -0.05) is 0 Å². The first-order chi connectivity index (χ1) is 5.27. The topological polar surface area (TPSA) is 58.6 Å². The first kappa shape index (κ1) is 9.77. The molecule has 0 aliphatic carbocycles. The summed E-state index contributed by atoms with van der Waals surface area (Å²) in [6.45, 7) is 0.772. The fourth-order valence-electron chi connectivity index (χ4n) is 1.80. The van der Waals surface area contributed by atoms with Crippen molar-refractivity contribution in [1.29, 1.82) is 0 Å². The SMILES string of the molecule is Cl.O=C(O)C1CC2OCCC2N1. The maximum absolute atomic E-state index is 10.5. The van der Waals surface area contributed by atoms with E-state index in [1.54, 1.807) is 0 Å². The maximum atomic E-state index is 10.5. The molecule has 2 heterocycles. The number of nitrogens with one attached hydrogen (secondary N) is 1. The molecule has 5 heteroatoms. The van der Waals surface area contributed by atoms with Gasteiger partial charge in [-0.05, 0) is 6.42 Å². The van der Waals surface area contributed by atoms with E-state index in [1.165, 1.54) is 0 Å². The number of hydrogen-bond acceptors (Lipinski definition) is 3. The number of carboxylic acid groups (broad SMARTS) is 1. The molecule has 0 aromatic heterocycles. The molecule has 2 aliphatic rings. The molecule has 2 fully saturated rings. The molecule has 2 N–H and O–H groups in total. The number of fused-ring (bicyclic) bond motifs is 1. The lowest BCUT2D eigenvalue weighted by Crippen LogP contribution is -2.35. The number of rotatable bonds is 1. The molecule has 3 atom stereocenters. The van der Waals surface area contributed by atoms with Crippen LogP contribution in [0.15, 0.2) is 0 Å². The lowest BCUT2D eigenvalue weighted by molar-refractivity contribution is -0.139. The molecule has 2 rings (SSSR count). The summed E-state index contributed by atoms with van der Waals surface area (Å²) in [7, 11) is 0. The van der Waals surface area contributed by atoms with E-state index in [0.29, 0.717) is 6.42 Å². The van der Waals surface area contributed by atoms with Gasteiger partial charge in [-0.15, -0.1) is 12.4 Å². The third-order valence-electron chi connectivity index (χ3n) is 2.39. The van der Waals surface area contributed by atoms with Gasteiger partial charge in [0.05, 0.1) is 6.10 Å². The summed E-state index contributed by atoms with van der Waals surface area (Å²) in [6.07, 6.45) is 1.73. The van der Waals surface area contributed by atoms with Gasteiger partial charge >= 0.3 is 5.97 Å². The zero-order valence-electron chi connectivity index (χ0n) is 6.53. The monoisotopic (exact) mass is 193 g/mol. The molecule has 0 bridgehead atoms. The Balaban J connectivity index is 0.000000720. The van der Waals surface area contributed by atoms with Crippen LogP contribution >= 0.6 is 12.4 Å². The van der Waals surface area contributed by atoms with Crippen LogP contribution in [0, 0.1) is 0 Å². The average molecular weight is 194 g/mol. The van der Waals surface area contributed by atoms with Crippen LogP contribution in [-0.2, 0) is 9.53 Å². The number of ether oxygens (including phenoxy) is 1. The third kappa shape index (κ3) is 1.55. The molecule has 4 nitrogen and oxygen atoms in total. The highest BCUT2D eigenvalue weighted by molar-refractivity contribution is 5.85. The maximum Gasteiger partial charge on any atom is 0.320 e. The Labute approximate surface area is 76.7 Å². The van der Waals surface area contributed by atoms with Crippen molar-refractivity contribution in [3.63, 3.8) is 0 Å². The number of aliphatic carboxylic acids is 1. The van der Waals surface area contributed by atoms with Gasteiger partial charge in [0.1, 0.15) is 6.04 Å². The molecule has 12 heavy (non-hydrogen) atoms. The Morgan fingerprint density at radius 1 is 1.58 bits per heavy atom. The van der Waals surface area contributed by atoms with E-state index in [2.05, 4.69) is 5.32 Å². The van der Waals surface area contributed by atoms with Gasteiger partial charge < -0.3 is 9.84 Å². The highest BCUT2D eigenvalue weighted by atomic mass is 35.5. The number of hydrogen-bond donors (Lipinski definition) is 2. The zero-order chi connectivity index (χ0) is 7.84. The van der Waals surface area contributed by atoms with Crippen molar-refractivity contribution in [1.82, 2.24) is 5.32 Å². The van der Waals surface area contributed by atoms with Crippen molar-refractivity contribution in [2.24, 2.45) is 0 Å². The number of carbonyl (C=O) groups is 1. The second kappa shape index (κ2) is 3.60. The largest absolute Gasteiger partial charge is 0.480 e. The highest BCUT2D eigenvalue weighted by Crippen LogP contribution is 2.24. The van der Waals surface area contributed by atoms with Crippen LogP contribution in [0.3, 0.4) is 0 Å². The summed E-state index contributed by atoms with van der Waals surface area (Å²) < 4.78 is 5.33. The van der Waals surface area contributed by atoms with Crippen molar-refractivity contribution in [3.05, 3.63) is 0 Å². The van der Waals surface area contributed by atoms with Crippen molar-refractivity contribution in [2.75, 3.05) is 6.61 Å². The van der Waals surface area contributed by atoms with Crippen molar-refractivity contribution in [2.45, 2.75) is 31.0 Å². The van der Waals surface area contributed by atoms with E-state index >= 15 is 0 Å². The summed E-state index contributed by atoms with van der Waals surface area (Å²) in [4.78, 5) is 10.5. The average Bonchev–Trinajstić information content (AvgIpc) is 2.40. The quantitative estimate of drug-likeness (QED) is 0.616. The Morgan fingerprint density at radius 3 is 2.92 bits per heavy atom. The minimum atomic E-state index is -0.761. The van der Waals surface area contributed by atoms with Crippen molar-refractivity contribution < 1.29 is 14.6 Å². The second-order valence-corrected chi connectivity index (χ2v) is 3.10. The van der Waals surface area contributed by atoms with Crippen molar-refractivity contribution >= 4 is 18.4 Å². The Hall–Kier alpha value is -0.320. The molecule has 0 amide bonds. The first-order valence-electron chi connectivity index (χ1n) is 3.88. The molecule has 0 spiro atoms. The van der Waals surface area contributed by atoms with Crippen LogP contribution in [0.5, 0.6) is 0 Å². The Morgan fingerprint density at radius 2 is 2.33 bits per heavy atom. The molecular weight excluding hydrogens is 182 g/mol. The molecule has 0 aromatic rings. The minimum absolute atomic E-state index is 0. The minimum Gasteiger partial charge on any atom is -0.480 e. The summed E-state index contributed by atoms with van der Waals surface area (Å²) in [5.41, 5.74) is 0. The van der Waals surface area contributed by atoms with E-state index in [-0.39, 0.29) is 30.6 Å². The standard InChI is InChI=1S/C7H11NO3.ClH/c9-7(10)5-3-6-4(8-5)1-2-11-6;/h4-6,8H,1-3H2,(H,9,10);1H. The first-order valence-corrected chi connectivity index (χ1v) is 3.88. The lowest BCUT2D eigenvalue weighted by atomic mass is 10.1. The van der Waals surface area contributed by atoms with Crippen LogP contribution in [0.1, 0.15) is 12.8 Å². The van der Waals surface area contributed by atoms with E-state index in [0.717, 1.165) is 13.0 Å². The Bertz CT molecular complexity index is 175. The fraction of sp³-hybridized carbons (Fsp3) is 0.857. The molecule has 0 radical (unpaired) electrons. The zero-order valence-corrected chi connectivity index (χ0v) is 7.34. The fourth-order valence-corrected chi connectivity index (χ4v) is 1.80. The molecule has 2 saturated heterocycles. The van der Waals surface area contributed by atoms with Gasteiger partial charge in [-0.2, -0.15) is 0 Å². The number of carboxylic acids is 1. The third-order valence-corrected chi connectivity index (χ3v) is 2.39. The summed E-state index contributed by atoms with van der Waals surface area (Å²) in [5.74, 6) is -0.761. The lowest BCUT2D eigenvalue weighted by Gasteiger charge is -2.05. The predicted molar refractivity (Wildman–Crippen MR) is 44.6 cm³/mol. The van der Waals surface area contributed by atoms with E-state index in [1.807, 2.05) is 0 Å². The van der Waals surface area contributed by atoms with Gasteiger partial charge in [-0.25, -0.2) is 0 Å². The molecule has 0 saturated carbocycles. The van der Waals surface area contributed by atoms with Crippen LogP contribution in [0.2, 0.25) is 0 Å². The highest BCUT2D eigenvalue weighted by Gasteiger charge is 2.40. The molecule has 70 valence electrons. The second-order valence-electron chi connectivity index (χ2n) is 3.10. The summed E-state index contributed by atoms with van der Waals surface area (Å²) in [6, 6.07) is -0.0959. The van der Waals surface area contributed by atoms with Gasteiger partial charge in [0.15, 0.2) is 0 Å². The van der Waals surface area contributed by atoms with Gasteiger partial charge in [0.2, 0.25) is 0 Å².